The van der Waals surface area contributed by atoms with Crippen LogP contribution in [0.2, 0.25) is 0 Å². The van der Waals surface area contributed by atoms with Crippen molar-refractivity contribution in [2.24, 2.45) is 0 Å². The molecule has 0 aliphatic heterocycles. The molecule has 0 bridgehead atoms. The highest BCUT2D eigenvalue weighted by Crippen LogP contribution is 2.32. The van der Waals surface area contributed by atoms with E-state index >= 15 is 0 Å². The molecular formula is C28H29ClF2O6S2. The minimum atomic E-state index is -5.78. The van der Waals surface area contributed by atoms with Crippen molar-refractivity contribution < 1.29 is 36.0 Å². The third-order valence-electron chi connectivity index (χ3n) is 4.63. The van der Waals surface area contributed by atoms with Gasteiger partial charge in [-0.1, -0.05) is 43.0 Å². The minimum absolute atomic E-state index is 0.102. The number of benzene rings is 3. The average molecular weight is 599 g/mol. The summed E-state index contributed by atoms with van der Waals surface area (Å²) in [6.07, 6.45) is 0. The van der Waals surface area contributed by atoms with Crippen LogP contribution >= 0.6 is 11.6 Å². The molecule has 0 aliphatic carbocycles. The van der Waals surface area contributed by atoms with Crippen LogP contribution in [-0.4, -0.2) is 42.3 Å². The molecule has 39 heavy (non-hydrogen) atoms. The van der Waals surface area contributed by atoms with E-state index in [9.17, 15) is 26.5 Å². The molecular weight excluding hydrogens is 570 g/mol. The second-order valence-corrected chi connectivity index (χ2v) is 13.0. The lowest BCUT2D eigenvalue weighted by Gasteiger charge is -2.21. The van der Waals surface area contributed by atoms with Gasteiger partial charge < -0.3 is 14.0 Å². The summed E-state index contributed by atoms with van der Waals surface area (Å²) in [6.45, 7) is 6.94. The second kappa shape index (κ2) is 14.0. The van der Waals surface area contributed by atoms with E-state index in [1.807, 2.05) is 0 Å². The molecule has 0 radical (unpaired) electrons. The maximum atomic E-state index is 12.4. The predicted molar refractivity (Wildman–Crippen MR) is 147 cm³/mol. The molecule has 3 aromatic carbocycles. The zero-order valence-electron chi connectivity index (χ0n) is 21.6. The molecule has 0 atom stereocenters. The number of halogens is 3. The van der Waals surface area contributed by atoms with Gasteiger partial charge in [0.05, 0.1) is 17.5 Å². The van der Waals surface area contributed by atoms with Gasteiger partial charge in [-0.3, -0.25) is 4.79 Å². The Balaban J connectivity index is 0.000000309. The second-order valence-electron chi connectivity index (χ2n) is 9.08. The van der Waals surface area contributed by atoms with Crippen LogP contribution < -0.4 is 4.74 Å². The first-order valence-corrected chi connectivity index (χ1v) is 14.5. The third kappa shape index (κ3) is 10.7. The summed E-state index contributed by atoms with van der Waals surface area (Å²) in [5, 5.41) is -5.54. The first-order valence-electron chi connectivity index (χ1n) is 11.5. The Kier molecular flexibility index (Phi) is 11.7. The normalized spacial score (nSPS) is 11.9. The molecule has 0 spiro atoms. The van der Waals surface area contributed by atoms with E-state index < -0.39 is 33.8 Å². The van der Waals surface area contributed by atoms with Crippen molar-refractivity contribution >= 4 is 37.9 Å². The maximum Gasteiger partial charge on any atom is 0.357 e. The predicted octanol–water partition coefficient (Wildman–Crippen LogP) is 6.42. The van der Waals surface area contributed by atoms with Gasteiger partial charge in [0.15, 0.2) is 24.8 Å². The van der Waals surface area contributed by atoms with Crippen LogP contribution in [-0.2, 0) is 30.5 Å². The van der Waals surface area contributed by atoms with Gasteiger partial charge >= 0.3 is 5.25 Å². The Labute approximate surface area is 235 Å². The van der Waals surface area contributed by atoms with Crippen molar-refractivity contribution in [2.45, 2.75) is 46.3 Å². The van der Waals surface area contributed by atoms with Crippen molar-refractivity contribution in [3.05, 3.63) is 97.1 Å². The van der Waals surface area contributed by atoms with Gasteiger partial charge in [0.25, 0.3) is 0 Å². The Morgan fingerprint density at radius 3 is 1.72 bits per heavy atom. The number of ether oxygens (including phenoxy) is 2. The molecule has 6 nitrogen and oxygen atoms in total. The van der Waals surface area contributed by atoms with E-state index in [1.165, 1.54) is 14.7 Å². The van der Waals surface area contributed by atoms with E-state index in [0.717, 1.165) is 5.75 Å². The van der Waals surface area contributed by atoms with Gasteiger partial charge in [0.1, 0.15) is 18.0 Å². The number of carbonyl (C=O) groups is 1. The standard InChI is InChI=1S/C22H23OS.C6H7ClF2O5S/c1-22(2,3)23-18-14-16-21(17-15-18)24(19-10-6-4-7-11-19)20-12-8-5-9-13-20;1-4(5(7)10)2-14-3-6(8,9)15(11,12)13/h4-17H,1-3H3;1-3H2,(H,11,12,13)/q+1;/p-1. The van der Waals surface area contributed by atoms with Gasteiger partial charge in [0, 0.05) is 5.57 Å². The smallest absolute Gasteiger partial charge is 0.357 e. The summed E-state index contributed by atoms with van der Waals surface area (Å²) in [5.74, 6) is 0.913. The molecule has 0 N–H and O–H groups in total. The fraction of sp³-hybridized carbons (Fsp3) is 0.250. The fourth-order valence-corrected chi connectivity index (χ4v) is 5.31. The third-order valence-corrected chi connectivity index (χ3v) is 7.98. The van der Waals surface area contributed by atoms with Gasteiger partial charge in [-0.05, 0) is 80.9 Å². The summed E-state index contributed by atoms with van der Waals surface area (Å²) in [5.41, 5.74) is -0.502. The van der Waals surface area contributed by atoms with Crippen LogP contribution in [0.5, 0.6) is 5.75 Å². The highest BCUT2D eigenvalue weighted by molar-refractivity contribution is 7.97. The van der Waals surface area contributed by atoms with Crippen LogP contribution in [0.15, 0.2) is 112 Å². The van der Waals surface area contributed by atoms with Gasteiger partial charge in [-0.2, -0.15) is 8.78 Å². The molecule has 0 saturated carbocycles. The molecule has 0 amide bonds. The summed E-state index contributed by atoms with van der Waals surface area (Å²) >= 11 is 4.88. The first kappa shape index (κ1) is 32.5. The lowest BCUT2D eigenvalue weighted by Crippen LogP contribution is -2.34. The molecule has 0 unspecified atom stereocenters. The van der Waals surface area contributed by atoms with E-state index in [1.54, 1.807) is 0 Å². The summed E-state index contributed by atoms with van der Waals surface area (Å²) in [7, 11) is -5.88. The average Bonchev–Trinajstić information content (AvgIpc) is 2.85. The van der Waals surface area contributed by atoms with E-state index in [4.69, 9.17) is 16.3 Å². The summed E-state index contributed by atoms with van der Waals surface area (Å²) < 4.78 is 64.8. The lowest BCUT2D eigenvalue weighted by atomic mass is 10.2. The molecule has 3 rings (SSSR count). The van der Waals surface area contributed by atoms with Crippen LogP contribution in [0.4, 0.5) is 8.78 Å². The Morgan fingerprint density at radius 1 is 0.897 bits per heavy atom. The van der Waals surface area contributed by atoms with Gasteiger partial charge in [0.2, 0.25) is 5.24 Å². The van der Waals surface area contributed by atoms with Gasteiger partial charge in [-0.15, -0.1) is 0 Å². The fourth-order valence-electron chi connectivity index (χ4n) is 2.94. The lowest BCUT2D eigenvalue weighted by molar-refractivity contribution is -0.109. The molecule has 0 aromatic heterocycles. The SMILES string of the molecule is C=C(COCC(F)(F)S(=O)(=O)[O-])C(=O)Cl.CC(C)(C)Oc1ccc([S+](c2ccccc2)c2ccccc2)cc1. The molecule has 3 aromatic rings. The molecule has 0 fully saturated rings. The minimum Gasteiger partial charge on any atom is -0.743 e. The Morgan fingerprint density at radius 2 is 1.33 bits per heavy atom. The summed E-state index contributed by atoms with van der Waals surface area (Å²) in [6, 6.07) is 29.9. The Hall–Kier alpha value is -2.76. The zero-order valence-corrected chi connectivity index (χ0v) is 24.0. The number of hydrogen-bond donors (Lipinski definition) is 0. The zero-order chi connectivity index (χ0) is 29.3. The van der Waals surface area contributed by atoms with Crippen molar-refractivity contribution in [3.63, 3.8) is 0 Å². The number of hydrogen-bond acceptors (Lipinski definition) is 6. The van der Waals surface area contributed by atoms with Gasteiger partial charge in [-0.25, -0.2) is 8.42 Å². The van der Waals surface area contributed by atoms with Crippen molar-refractivity contribution in [2.75, 3.05) is 13.2 Å². The summed E-state index contributed by atoms with van der Waals surface area (Å²) in [4.78, 5) is 14.3. The monoisotopic (exact) mass is 598 g/mol. The number of rotatable bonds is 10. The van der Waals surface area contributed by atoms with Crippen molar-refractivity contribution in [1.29, 1.82) is 0 Å². The first-order chi connectivity index (χ1) is 18.1. The maximum absolute atomic E-state index is 12.4. The highest BCUT2D eigenvalue weighted by Gasteiger charge is 2.38. The molecule has 0 aliphatic rings. The number of alkyl halides is 2. The molecule has 0 heterocycles. The van der Waals surface area contributed by atoms with Crippen LogP contribution in [0.1, 0.15) is 20.8 Å². The Bertz CT molecular complexity index is 1290. The quantitative estimate of drug-likeness (QED) is 0.116. The van der Waals surface area contributed by atoms with E-state index in [0.29, 0.717) is 0 Å². The number of carbonyl (C=O) groups excluding carboxylic acids is 1. The highest BCUT2D eigenvalue weighted by atomic mass is 35.5. The van der Waals surface area contributed by atoms with E-state index in [-0.39, 0.29) is 22.1 Å². The van der Waals surface area contributed by atoms with E-state index in [2.05, 4.69) is 117 Å². The van der Waals surface area contributed by atoms with Crippen LogP contribution in [0, 0.1) is 0 Å². The van der Waals surface area contributed by atoms with Crippen LogP contribution in [0.25, 0.3) is 0 Å². The van der Waals surface area contributed by atoms with Crippen molar-refractivity contribution in [1.82, 2.24) is 0 Å². The van der Waals surface area contributed by atoms with Crippen molar-refractivity contribution in [3.8, 4) is 5.75 Å². The van der Waals surface area contributed by atoms with Crippen LogP contribution in [0.3, 0.4) is 0 Å². The largest absolute Gasteiger partial charge is 0.743 e. The molecule has 0 saturated heterocycles. The molecule has 210 valence electrons. The molecule has 11 heteroatoms. The topological polar surface area (TPSA) is 92.7 Å².